The van der Waals surface area contributed by atoms with E-state index in [0.717, 1.165) is 28.4 Å². The molecule has 0 aliphatic carbocycles. The van der Waals surface area contributed by atoms with Gasteiger partial charge in [0.15, 0.2) is 17.1 Å². The molecule has 1 aromatic heterocycles. The average Bonchev–Trinajstić information content (AvgIpc) is 3.18. The summed E-state index contributed by atoms with van der Waals surface area (Å²) in [4.78, 5) is 12.5. The minimum atomic E-state index is -0.259. The van der Waals surface area contributed by atoms with E-state index >= 15 is 0 Å². The van der Waals surface area contributed by atoms with Crippen LogP contribution in [0.5, 0.6) is 5.75 Å². The maximum Gasteiger partial charge on any atom is 0.234 e. The monoisotopic (exact) mass is 452 g/mol. The Kier molecular flexibility index (Phi) is 7.96. The van der Waals surface area contributed by atoms with Gasteiger partial charge in [-0.3, -0.25) is 4.79 Å². The average molecular weight is 453 g/mol. The molecule has 170 valence electrons. The first-order chi connectivity index (χ1) is 15.3. The third-order valence-electron chi connectivity index (χ3n) is 5.36. The fourth-order valence-electron chi connectivity index (χ4n) is 3.51. The van der Waals surface area contributed by atoms with Crippen molar-refractivity contribution in [3.8, 4) is 5.75 Å². The number of hydrogen-bond donors (Lipinski definition) is 1. The van der Waals surface area contributed by atoms with Crippen LogP contribution in [0.15, 0.2) is 47.6 Å². The number of nitrogens with zero attached hydrogens (tertiary/aromatic N) is 3. The van der Waals surface area contributed by atoms with E-state index in [9.17, 15) is 4.79 Å². The molecule has 2 aromatic carbocycles. The van der Waals surface area contributed by atoms with E-state index in [-0.39, 0.29) is 17.8 Å². The number of para-hydroxylation sites is 1. The molecule has 32 heavy (non-hydrogen) atoms. The van der Waals surface area contributed by atoms with Gasteiger partial charge in [0.05, 0.1) is 5.75 Å². The van der Waals surface area contributed by atoms with Crippen LogP contribution in [-0.2, 0) is 11.3 Å². The van der Waals surface area contributed by atoms with Crippen molar-refractivity contribution >= 4 is 23.4 Å². The van der Waals surface area contributed by atoms with Gasteiger partial charge in [-0.05, 0) is 62.4 Å². The summed E-state index contributed by atoms with van der Waals surface area (Å²) in [5.41, 5.74) is 4.25. The van der Waals surface area contributed by atoms with Gasteiger partial charge in [-0.15, -0.1) is 10.2 Å². The van der Waals surface area contributed by atoms with Crippen LogP contribution < -0.4 is 10.1 Å². The topological polar surface area (TPSA) is 69.0 Å². The second-order valence-corrected chi connectivity index (χ2v) is 9.12. The minimum Gasteiger partial charge on any atom is -0.483 e. The Balaban J connectivity index is 1.64. The number of ether oxygens (including phenoxy) is 1. The number of nitrogens with one attached hydrogen (secondary N) is 1. The third-order valence-corrected chi connectivity index (χ3v) is 6.33. The molecule has 1 heterocycles. The molecule has 1 amide bonds. The van der Waals surface area contributed by atoms with Crippen LogP contribution in [0, 0.1) is 13.8 Å². The second kappa shape index (κ2) is 10.7. The lowest BCUT2D eigenvalue weighted by atomic mass is 10.0. The molecule has 1 unspecified atom stereocenters. The molecule has 6 nitrogen and oxygen atoms in total. The fourth-order valence-corrected chi connectivity index (χ4v) is 4.32. The number of benzene rings is 2. The summed E-state index contributed by atoms with van der Waals surface area (Å²) in [5.74, 6) is 2.23. The number of thioether (sulfide) groups is 1. The molecular weight excluding hydrogens is 420 g/mol. The number of rotatable bonds is 9. The highest BCUT2D eigenvalue weighted by atomic mass is 32.2. The molecule has 0 spiro atoms. The summed E-state index contributed by atoms with van der Waals surface area (Å²) in [6, 6.07) is 14.1. The van der Waals surface area contributed by atoms with Crippen molar-refractivity contribution in [2.24, 2.45) is 0 Å². The standard InChI is InChI=1S/C25H32N4O2S/c1-7-29-24(19(6)31-21-13-11-20(12-14-21)16(2)3)27-28-25(29)32-15-22(30)26-23-17(4)9-8-10-18(23)5/h8-14,16,19H,7,15H2,1-6H3,(H,26,30). The molecule has 0 fully saturated rings. The van der Waals surface area contributed by atoms with Gasteiger partial charge in [0.25, 0.3) is 0 Å². The van der Waals surface area contributed by atoms with Crippen LogP contribution in [0.3, 0.4) is 0 Å². The van der Waals surface area contributed by atoms with Crippen molar-refractivity contribution in [1.82, 2.24) is 14.8 Å². The van der Waals surface area contributed by atoms with E-state index in [1.807, 2.05) is 62.6 Å². The molecular formula is C25H32N4O2S. The molecule has 0 radical (unpaired) electrons. The number of carbonyl (C=O) groups excluding carboxylic acids is 1. The Morgan fingerprint density at radius 1 is 1.06 bits per heavy atom. The first-order valence-corrected chi connectivity index (χ1v) is 12.0. The Morgan fingerprint density at radius 2 is 1.72 bits per heavy atom. The highest BCUT2D eigenvalue weighted by Crippen LogP contribution is 2.26. The van der Waals surface area contributed by atoms with Crippen molar-refractivity contribution < 1.29 is 9.53 Å². The van der Waals surface area contributed by atoms with Crippen molar-refractivity contribution in [1.29, 1.82) is 0 Å². The summed E-state index contributed by atoms with van der Waals surface area (Å²) in [6.45, 7) is 13.0. The van der Waals surface area contributed by atoms with E-state index < -0.39 is 0 Å². The number of aryl methyl sites for hydroxylation is 2. The zero-order chi connectivity index (χ0) is 23.3. The first-order valence-electron chi connectivity index (χ1n) is 11.0. The quantitative estimate of drug-likeness (QED) is 0.409. The molecule has 3 rings (SSSR count). The van der Waals surface area contributed by atoms with Gasteiger partial charge in [0.2, 0.25) is 5.91 Å². The molecule has 1 atom stereocenters. The number of carbonyl (C=O) groups is 1. The molecule has 0 bridgehead atoms. The zero-order valence-electron chi connectivity index (χ0n) is 19.7. The third kappa shape index (κ3) is 5.71. The van der Waals surface area contributed by atoms with Gasteiger partial charge < -0.3 is 14.6 Å². The van der Waals surface area contributed by atoms with Crippen LogP contribution in [0.1, 0.15) is 62.2 Å². The fraction of sp³-hybridized carbons (Fsp3) is 0.400. The maximum absolute atomic E-state index is 12.5. The zero-order valence-corrected chi connectivity index (χ0v) is 20.5. The Morgan fingerprint density at radius 3 is 2.31 bits per heavy atom. The molecule has 0 aliphatic rings. The maximum atomic E-state index is 12.5. The summed E-state index contributed by atoms with van der Waals surface area (Å²) < 4.78 is 8.11. The summed E-state index contributed by atoms with van der Waals surface area (Å²) in [5, 5.41) is 12.4. The lowest BCUT2D eigenvalue weighted by Crippen LogP contribution is -2.16. The van der Waals surface area contributed by atoms with E-state index in [1.54, 1.807) is 0 Å². The van der Waals surface area contributed by atoms with Gasteiger partial charge >= 0.3 is 0 Å². The van der Waals surface area contributed by atoms with E-state index in [4.69, 9.17) is 4.74 Å². The van der Waals surface area contributed by atoms with Gasteiger partial charge in [-0.1, -0.05) is 55.9 Å². The normalized spacial score (nSPS) is 12.1. The summed E-state index contributed by atoms with van der Waals surface area (Å²) in [6.07, 6.45) is -0.259. The van der Waals surface area contributed by atoms with Crippen molar-refractivity contribution in [3.05, 3.63) is 65.0 Å². The molecule has 0 saturated carbocycles. The van der Waals surface area contributed by atoms with E-state index in [0.29, 0.717) is 17.6 Å². The number of aromatic nitrogens is 3. The highest BCUT2D eigenvalue weighted by Gasteiger charge is 2.20. The van der Waals surface area contributed by atoms with E-state index in [1.165, 1.54) is 17.3 Å². The highest BCUT2D eigenvalue weighted by molar-refractivity contribution is 7.99. The van der Waals surface area contributed by atoms with E-state index in [2.05, 4.69) is 41.5 Å². The smallest absolute Gasteiger partial charge is 0.234 e. The van der Waals surface area contributed by atoms with Gasteiger partial charge in [0.1, 0.15) is 5.75 Å². The Hall–Kier alpha value is -2.80. The number of amides is 1. The van der Waals surface area contributed by atoms with Crippen LogP contribution in [0.2, 0.25) is 0 Å². The predicted octanol–water partition coefficient (Wildman–Crippen LogP) is 5.91. The van der Waals surface area contributed by atoms with Gasteiger partial charge in [-0.2, -0.15) is 0 Å². The summed E-state index contributed by atoms with van der Waals surface area (Å²) >= 11 is 1.38. The number of anilines is 1. The summed E-state index contributed by atoms with van der Waals surface area (Å²) in [7, 11) is 0. The lowest BCUT2D eigenvalue weighted by Gasteiger charge is -2.16. The van der Waals surface area contributed by atoms with Crippen molar-refractivity contribution in [3.63, 3.8) is 0 Å². The molecule has 3 aromatic rings. The lowest BCUT2D eigenvalue weighted by molar-refractivity contribution is -0.113. The Labute approximate surface area is 194 Å². The predicted molar refractivity (Wildman–Crippen MR) is 131 cm³/mol. The van der Waals surface area contributed by atoms with Crippen molar-refractivity contribution in [2.75, 3.05) is 11.1 Å². The van der Waals surface area contributed by atoms with Gasteiger partial charge in [-0.25, -0.2) is 0 Å². The Bertz CT molecular complexity index is 1040. The van der Waals surface area contributed by atoms with Crippen LogP contribution >= 0.6 is 11.8 Å². The van der Waals surface area contributed by atoms with Crippen LogP contribution in [0.25, 0.3) is 0 Å². The van der Waals surface area contributed by atoms with Gasteiger partial charge in [0, 0.05) is 12.2 Å². The van der Waals surface area contributed by atoms with Crippen LogP contribution in [-0.4, -0.2) is 26.4 Å². The SMILES string of the molecule is CCn1c(SCC(=O)Nc2c(C)cccc2C)nnc1C(C)Oc1ccc(C(C)C)cc1. The van der Waals surface area contributed by atoms with Crippen molar-refractivity contribution in [2.45, 2.75) is 65.3 Å². The van der Waals surface area contributed by atoms with Crippen LogP contribution in [0.4, 0.5) is 5.69 Å². The second-order valence-electron chi connectivity index (χ2n) is 8.17. The number of hydrogen-bond acceptors (Lipinski definition) is 5. The largest absolute Gasteiger partial charge is 0.483 e. The molecule has 0 saturated heterocycles. The first kappa shape index (κ1) is 23.9. The molecule has 7 heteroatoms. The molecule has 1 N–H and O–H groups in total. The molecule has 0 aliphatic heterocycles. The minimum absolute atomic E-state index is 0.0610.